The topological polar surface area (TPSA) is 95.9 Å². The molecule has 2 unspecified atom stereocenters. The fraction of sp³-hybridized carbons (Fsp3) is 0.970. The van der Waals surface area contributed by atoms with Crippen LogP contribution in [0.2, 0.25) is 0 Å². The summed E-state index contributed by atoms with van der Waals surface area (Å²) in [6, 6.07) is -0.542. The lowest BCUT2D eigenvalue weighted by Gasteiger charge is -2.22. The number of ether oxygens (including phenoxy) is 1. The highest BCUT2D eigenvalue weighted by Crippen LogP contribution is 2.19. The summed E-state index contributed by atoms with van der Waals surface area (Å²) in [6.45, 7) is 5.00. The molecule has 0 aliphatic heterocycles. The summed E-state index contributed by atoms with van der Waals surface area (Å²) in [6.07, 6.45) is 75.6. The third kappa shape index (κ3) is 60.0. The van der Waals surface area contributed by atoms with Crippen molar-refractivity contribution >= 4 is 11.9 Å². The molecule has 0 aliphatic rings. The maximum atomic E-state index is 12.5. The zero-order valence-corrected chi connectivity index (χ0v) is 49.9. The van der Waals surface area contributed by atoms with E-state index in [9.17, 15) is 19.8 Å². The summed E-state index contributed by atoms with van der Waals surface area (Å²) >= 11 is 0. The number of hydrogen-bond donors (Lipinski definition) is 3. The Bertz CT molecular complexity index is 1050. The van der Waals surface area contributed by atoms with E-state index < -0.39 is 12.1 Å². The van der Waals surface area contributed by atoms with Crippen molar-refractivity contribution in [1.29, 1.82) is 0 Å². The molecule has 0 bridgehead atoms. The van der Waals surface area contributed by atoms with E-state index in [1.165, 1.54) is 321 Å². The third-order valence-corrected chi connectivity index (χ3v) is 16.2. The molecule has 0 fully saturated rings. The Balaban J connectivity index is 3.37. The maximum Gasteiger partial charge on any atom is 0.305 e. The molecule has 0 saturated heterocycles. The van der Waals surface area contributed by atoms with E-state index >= 15 is 0 Å². The first kappa shape index (κ1) is 71.9. The Morgan fingerprint density at radius 2 is 0.562 bits per heavy atom. The van der Waals surface area contributed by atoms with Gasteiger partial charge in [0, 0.05) is 12.8 Å². The minimum absolute atomic E-state index is 0.0164. The Hall–Kier alpha value is -1.14. The molecule has 0 rings (SSSR count). The van der Waals surface area contributed by atoms with Gasteiger partial charge in [-0.15, -0.1) is 0 Å². The van der Waals surface area contributed by atoms with Crippen molar-refractivity contribution in [2.45, 2.75) is 405 Å². The summed E-state index contributed by atoms with van der Waals surface area (Å²) in [5, 5.41) is 23.4. The first-order valence-electron chi connectivity index (χ1n) is 33.8. The zero-order valence-electron chi connectivity index (χ0n) is 49.9. The SMILES string of the molecule is CCCCCCCCCCCCCCCCCCCCCCC(O)C(CO)NC(=O)CCCCCCCCCCCCCCCCCCCCCCCOC(=O)CCCCCCCCCCCCCCCCC. The predicted molar refractivity (Wildman–Crippen MR) is 320 cm³/mol. The molecule has 2 atom stereocenters. The van der Waals surface area contributed by atoms with Gasteiger partial charge >= 0.3 is 5.97 Å². The number of hydrogen-bond acceptors (Lipinski definition) is 5. The zero-order chi connectivity index (χ0) is 52.9. The molecule has 0 aliphatic carbocycles. The van der Waals surface area contributed by atoms with Gasteiger partial charge in [0.15, 0.2) is 0 Å². The first-order valence-corrected chi connectivity index (χ1v) is 33.8. The van der Waals surface area contributed by atoms with Gasteiger partial charge in [-0.3, -0.25) is 9.59 Å². The first-order chi connectivity index (χ1) is 36.0. The molecule has 0 radical (unpaired) electrons. The van der Waals surface area contributed by atoms with Crippen molar-refractivity contribution in [2.75, 3.05) is 13.2 Å². The summed E-state index contributed by atoms with van der Waals surface area (Å²) in [5.41, 5.74) is 0. The number of amides is 1. The molecule has 0 heterocycles. The third-order valence-electron chi connectivity index (χ3n) is 16.2. The normalized spacial score (nSPS) is 12.4. The molecule has 0 aromatic rings. The van der Waals surface area contributed by atoms with Gasteiger partial charge in [-0.1, -0.05) is 354 Å². The highest BCUT2D eigenvalue weighted by Gasteiger charge is 2.20. The summed E-state index contributed by atoms with van der Waals surface area (Å²) in [4.78, 5) is 24.6. The molecule has 0 aromatic carbocycles. The Kier molecular flexibility index (Phi) is 62.4. The van der Waals surface area contributed by atoms with Gasteiger partial charge in [0.05, 0.1) is 25.4 Å². The number of unbranched alkanes of at least 4 members (excludes halogenated alkanes) is 53. The van der Waals surface area contributed by atoms with Gasteiger partial charge in [-0.25, -0.2) is 0 Å². The number of aliphatic hydroxyl groups excluding tert-OH is 2. The van der Waals surface area contributed by atoms with Crippen LogP contribution in [0.4, 0.5) is 0 Å². The van der Waals surface area contributed by atoms with Gasteiger partial charge in [0.1, 0.15) is 0 Å². The molecule has 6 heteroatoms. The van der Waals surface area contributed by atoms with E-state index in [0.717, 1.165) is 38.5 Å². The molecule has 6 nitrogen and oxygen atoms in total. The highest BCUT2D eigenvalue weighted by molar-refractivity contribution is 5.76. The van der Waals surface area contributed by atoms with Crippen molar-refractivity contribution in [3.05, 3.63) is 0 Å². The van der Waals surface area contributed by atoms with Crippen LogP contribution in [-0.2, 0) is 14.3 Å². The minimum atomic E-state index is -0.665. The fourth-order valence-corrected chi connectivity index (χ4v) is 11.0. The van der Waals surface area contributed by atoms with Crippen LogP contribution in [0.15, 0.2) is 0 Å². The van der Waals surface area contributed by atoms with Crippen LogP contribution >= 0.6 is 0 Å². The Morgan fingerprint density at radius 3 is 0.836 bits per heavy atom. The van der Waals surface area contributed by atoms with E-state index in [0.29, 0.717) is 25.9 Å². The van der Waals surface area contributed by atoms with E-state index in [-0.39, 0.29) is 18.5 Å². The summed E-state index contributed by atoms with van der Waals surface area (Å²) < 4.78 is 5.50. The Labute approximate surface area is 457 Å². The van der Waals surface area contributed by atoms with Crippen LogP contribution in [0, 0.1) is 0 Å². The molecule has 1 amide bonds. The molecule has 436 valence electrons. The van der Waals surface area contributed by atoms with Crippen LogP contribution < -0.4 is 5.32 Å². The van der Waals surface area contributed by atoms with Crippen LogP contribution in [0.25, 0.3) is 0 Å². The van der Waals surface area contributed by atoms with Crippen LogP contribution in [-0.4, -0.2) is 47.4 Å². The largest absolute Gasteiger partial charge is 0.466 e. The van der Waals surface area contributed by atoms with Crippen molar-refractivity contribution in [3.8, 4) is 0 Å². The van der Waals surface area contributed by atoms with Gasteiger partial charge in [0.2, 0.25) is 5.91 Å². The Morgan fingerprint density at radius 1 is 0.329 bits per heavy atom. The standard InChI is InChI=1S/C67H133NO5/c1-3-5-7-9-11-13-15-17-19-20-21-25-28-32-35-39-43-47-51-55-59-65(70)64(63-69)68-66(71)60-56-52-48-44-40-36-33-29-26-23-22-24-27-30-34-38-42-46-50-54-58-62-73-67(72)61-57-53-49-45-41-37-31-18-16-14-12-10-8-6-4-2/h64-65,69-70H,3-63H2,1-2H3,(H,68,71). The van der Waals surface area contributed by atoms with Crippen molar-refractivity contribution < 1.29 is 24.5 Å². The molecule has 0 saturated carbocycles. The maximum absolute atomic E-state index is 12.5. The van der Waals surface area contributed by atoms with Crippen LogP contribution in [0.1, 0.15) is 393 Å². The minimum Gasteiger partial charge on any atom is -0.466 e. The smallest absolute Gasteiger partial charge is 0.305 e. The number of aliphatic hydroxyl groups is 2. The molecule has 0 aromatic heterocycles. The molecule has 0 spiro atoms. The monoisotopic (exact) mass is 1030 g/mol. The van der Waals surface area contributed by atoms with Crippen molar-refractivity contribution in [2.24, 2.45) is 0 Å². The molecular weight excluding hydrogens is 899 g/mol. The van der Waals surface area contributed by atoms with Gasteiger partial charge in [-0.05, 0) is 25.7 Å². The van der Waals surface area contributed by atoms with E-state index in [2.05, 4.69) is 19.2 Å². The number of carbonyl (C=O) groups is 2. The number of rotatable bonds is 64. The average Bonchev–Trinajstić information content (AvgIpc) is 3.39. The average molecular weight is 1030 g/mol. The second-order valence-electron chi connectivity index (χ2n) is 23.5. The summed E-state index contributed by atoms with van der Waals surface area (Å²) in [5.74, 6) is -0.0145. The van der Waals surface area contributed by atoms with E-state index in [1.807, 2.05) is 0 Å². The quantitative estimate of drug-likeness (QED) is 0.0417. The number of nitrogens with one attached hydrogen (secondary N) is 1. The predicted octanol–water partition coefficient (Wildman–Crippen LogP) is 21.4. The molecule has 3 N–H and O–H groups in total. The second-order valence-corrected chi connectivity index (χ2v) is 23.5. The van der Waals surface area contributed by atoms with Crippen LogP contribution in [0.3, 0.4) is 0 Å². The lowest BCUT2D eigenvalue weighted by Crippen LogP contribution is -2.45. The van der Waals surface area contributed by atoms with Crippen LogP contribution in [0.5, 0.6) is 0 Å². The lowest BCUT2D eigenvalue weighted by atomic mass is 10.0. The van der Waals surface area contributed by atoms with Crippen molar-refractivity contribution in [1.82, 2.24) is 5.32 Å². The second kappa shape index (κ2) is 63.4. The summed E-state index contributed by atoms with van der Waals surface area (Å²) in [7, 11) is 0. The van der Waals surface area contributed by atoms with E-state index in [1.54, 1.807) is 0 Å². The van der Waals surface area contributed by atoms with Crippen molar-refractivity contribution in [3.63, 3.8) is 0 Å². The van der Waals surface area contributed by atoms with E-state index in [4.69, 9.17) is 4.74 Å². The number of carbonyl (C=O) groups excluding carboxylic acids is 2. The molecule has 73 heavy (non-hydrogen) atoms. The lowest BCUT2D eigenvalue weighted by molar-refractivity contribution is -0.143. The highest BCUT2D eigenvalue weighted by atomic mass is 16.5. The fourth-order valence-electron chi connectivity index (χ4n) is 11.0. The molecular formula is C67H133NO5. The van der Waals surface area contributed by atoms with Gasteiger partial charge in [-0.2, -0.15) is 0 Å². The van der Waals surface area contributed by atoms with Gasteiger partial charge < -0.3 is 20.3 Å². The van der Waals surface area contributed by atoms with Gasteiger partial charge in [0.25, 0.3) is 0 Å². The number of esters is 1.